The number of aliphatic hydroxyl groups excluding tert-OH is 2. The Kier molecular flexibility index (Phi) is 3.85. The molecule has 1 fully saturated rings. The van der Waals surface area contributed by atoms with Crippen LogP contribution in [-0.2, 0) is 11.2 Å². The van der Waals surface area contributed by atoms with Gasteiger partial charge in [0.2, 0.25) is 0 Å². The summed E-state index contributed by atoms with van der Waals surface area (Å²) in [5.41, 5.74) is 3.00. The summed E-state index contributed by atoms with van der Waals surface area (Å²) in [6.07, 6.45) is 2.68. The van der Waals surface area contributed by atoms with Crippen molar-refractivity contribution in [3.63, 3.8) is 0 Å². The number of nitrogens with one attached hydrogen (secondary N) is 2. The van der Waals surface area contributed by atoms with Gasteiger partial charge in [-0.3, -0.25) is 14.8 Å². The number of aromatic nitrogens is 3. The standard InChI is InChI=1S/C17H20N6O4/c24-5-11-10(25)2-12(27-11)23-7-21-14-15(23)13-8(1-9-4-18-6-20-9)3-19-16(13)22-17(14)26/h4,6,8,10-12,24-25H,1-3,5,7H2,(H,18,20)(H,19,22,26)/t8?,10-,11+,12+/m0/s1. The second-order valence-corrected chi connectivity index (χ2v) is 7.12. The van der Waals surface area contributed by atoms with Gasteiger partial charge in [0.15, 0.2) is 0 Å². The molecule has 0 amide bonds. The Balaban J connectivity index is 1.55. The SMILES string of the molecule is O=c1[nH]c2c(c3c1=NCN3[C@H]1C[C@H](O)[C@@H](CO)O1)C(Cc1cnc[nH]1)CN=2. The Morgan fingerprint density at radius 1 is 1.37 bits per heavy atom. The minimum atomic E-state index is -0.746. The first-order chi connectivity index (χ1) is 13.2. The van der Waals surface area contributed by atoms with Crippen molar-refractivity contribution in [1.29, 1.82) is 0 Å². The topological polar surface area (TPSA) is 139 Å². The summed E-state index contributed by atoms with van der Waals surface area (Å²) in [6.45, 7) is 0.601. The number of aromatic amines is 2. The number of fused-ring (bicyclic) bond motifs is 3. The van der Waals surface area contributed by atoms with Crippen LogP contribution in [0.4, 0.5) is 5.69 Å². The van der Waals surface area contributed by atoms with Crippen LogP contribution in [0, 0.1) is 0 Å². The van der Waals surface area contributed by atoms with Crippen molar-refractivity contribution in [2.75, 3.05) is 24.7 Å². The smallest absolute Gasteiger partial charge is 0.277 e. The van der Waals surface area contributed by atoms with Crippen molar-refractivity contribution < 1.29 is 14.9 Å². The average Bonchev–Trinajstić information content (AvgIpc) is 3.41. The van der Waals surface area contributed by atoms with Crippen LogP contribution in [0.3, 0.4) is 0 Å². The lowest BCUT2D eigenvalue weighted by Gasteiger charge is -2.27. The lowest BCUT2D eigenvalue weighted by atomic mass is 9.95. The Bertz CT molecular complexity index is 1030. The molecule has 142 valence electrons. The predicted octanol–water partition coefficient (Wildman–Crippen LogP) is -2.08. The summed E-state index contributed by atoms with van der Waals surface area (Å²) in [5.74, 6) is 0.0850. The number of pyridine rings is 1. The molecule has 4 N–H and O–H groups in total. The van der Waals surface area contributed by atoms with Gasteiger partial charge in [-0.05, 0) is 6.42 Å². The van der Waals surface area contributed by atoms with E-state index >= 15 is 0 Å². The molecule has 10 heteroatoms. The summed E-state index contributed by atoms with van der Waals surface area (Å²) in [6, 6.07) is 0. The molecule has 4 atom stereocenters. The third-order valence-electron chi connectivity index (χ3n) is 5.48. The molecule has 0 radical (unpaired) electrons. The summed E-state index contributed by atoms with van der Waals surface area (Å²) in [4.78, 5) is 33.3. The molecule has 1 unspecified atom stereocenters. The Labute approximate surface area is 153 Å². The number of aliphatic hydroxyl groups is 2. The first kappa shape index (κ1) is 16.6. The number of ether oxygens (including phenoxy) is 1. The summed E-state index contributed by atoms with van der Waals surface area (Å²) < 4.78 is 5.81. The molecule has 1 saturated heterocycles. The van der Waals surface area contributed by atoms with Crippen molar-refractivity contribution in [3.05, 3.63) is 45.0 Å². The Hall–Kier alpha value is -2.56. The zero-order valence-corrected chi connectivity index (χ0v) is 14.5. The Morgan fingerprint density at radius 2 is 2.26 bits per heavy atom. The van der Waals surface area contributed by atoms with E-state index in [-0.39, 0.29) is 24.8 Å². The molecule has 10 nitrogen and oxygen atoms in total. The molecule has 0 saturated carbocycles. The number of imidazole rings is 1. The fraction of sp³-hybridized carbons (Fsp3) is 0.529. The average molecular weight is 372 g/mol. The normalized spacial score (nSPS) is 28.7. The van der Waals surface area contributed by atoms with Crippen LogP contribution in [0.1, 0.15) is 23.6 Å². The number of rotatable bonds is 4. The van der Waals surface area contributed by atoms with Gasteiger partial charge in [-0.2, -0.15) is 0 Å². The van der Waals surface area contributed by atoms with Crippen LogP contribution >= 0.6 is 0 Å². The lowest BCUT2D eigenvalue weighted by Crippen LogP contribution is -2.41. The van der Waals surface area contributed by atoms with E-state index in [4.69, 9.17) is 4.74 Å². The maximum atomic E-state index is 12.5. The van der Waals surface area contributed by atoms with Gasteiger partial charge in [0.25, 0.3) is 5.56 Å². The van der Waals surface area contributed by atoms with Gasteiger partial charge in [0.05, 0.1) is 24.7 Å². The zero-order chi connectivity index (χ0) is 18.5. The van der Waals surface area contributed by atoms with Gasteiger partial charge in [-0.25, -0.2) is 4.98 Å². The van der Waals surface area contributed by atoms with Crippen LogP contribution in [0.2, 0.25) is 0 Å². The van der Waals surface area contributed by atoms with Gasteiger partial charge < -0.3 is 29.8 Å². The summed E-state index contributed by atoms with van der Waals surface area (Å²) in [5, 5.41) is 19.9. The molecular formula is C17H20N6O4. The highest BCUT2D eigenvalue weighted by Crippen LogP contribution is 2.33. The minimum Gasteiger partial charge on any atom is -0.394 e. The molecule has 5 rings (SSSR count). The van der Waals surface area contributed by atoms with Gasteiger partial charge >= 0.3 is 0 Å². The molecule has 3 aliphatic heterocycles. The quantitative estimate of drug-likeness (QED) is 0.486. The van der Waals surface area contributed by atoms with E-state index in [0.29, 0.717) is 23.8 Å². The van der Waals surface area contributed by atoms with Crippen molar-refractivity contribution in [3.8, 4) is 0 Å². The zero-order valence-electron chi connectivity index (χ0n) is 14.5. The van der Waals surface area contributed by atoms with Crippen molar-refractivity contribution in [1.82, 2.24) is 15.0 Å². The number of nitrogens with zero attached hydrogens (tertiary/aromatic N) is 4. The van der Waals surface area contributed by atoms with E-state index in [1.165, 1.54) is 0 Å². The van der Waals surface area contributed by atoms with E-state index in [1.807, 2.05) is 4.90 Å². The second-order valence-electron chi connectivity index (χ2n) is 7.12. The third-order valence-corrected chi connectivity index (χ3v) is 5.48. The van der Waals surface area contributed by atoms with Crippen molar-refractivity contribution in [2.24, 2.45) is 9.98 Å². The first-order valence-electron chi connectivity index (χ1n) is 8.99. The highest BCUT2D eigenvalue weighted by Gasteiger charge is 2.40. The molecular weight excluding hydrogens is 352 g/mol. The first-order valence-corrected chi connectivity index (χ1v) is 8.99. The monoisotopic (exact) mass is 372 g/mol. The van der Waals surface area contributed by atoms with E-state index in [1.54, 1.807) is 12.5 Å². The molecule has 0 aliphatic carbocycles. The summed E-state index contributed by atoms with van der Waals surface area (Å²) >= 11 is 0. The Morgan fingerprint density at radius 3 is 3.00 bits per heavy atom. The maximum absolute atomic E-state index is 12.5. The number of hydrogen-bond donors (Lipinski definition) is 4. The molecule has 0 aromatic carbocycles. The van der Waals surface area contributed by atoms with Crippen molar-refractivity contribution in [2.45, 2.75) is 37.2 Å². The van der Waals surface area contributed by atoms with E-state index in [0.717, 1.165) is 23.4 Å². The fourth-order valence-corrected chi connectivity index (χ4v) is 4.18. The van der Waals surface area contributed by atoms with Crippen LogP contribution in [0.25, 0.3) is 0 Å². The maximum Gasteiger partial charge on any atom is 0.277 e. The highest BCUT2D eigenvalue weighted by atomic mass is 16.5. The van der Waals surface area contributed by atoms with Crippen molar-refractivity contribution >= 4 is 5.69 Å². The summed E-state index contributed by atoms with van der Waals surface area (Å²) in [7, 11) is 0. The predicted molar refractivity (Wildman–Crippen MR) is 93.0 cm³/mol. The molecule has 2 aromatic rings. The van der Waals surface area contributed by atoms with E-state index in [2.05, 4.69) is 24.9 Å². The molecule has 0 bridgehead atoms. The second kappa shape index (κ2) is 6.25. The third kappa shape index (κ3) is 2.59. The number of H-pyrrole nitrogens is 2. The largest absolute Gasteiger partial charge is 0.394 e. The van der Waals surface area contributed by atoms with E-state index < -0.39 is 18.4 Å². The van der Waals surface area contributed by atoms with Crippen LogP contribution in [0.5, 0.6) is 0 Å². The van der Waals surface area contributed by atoms with Gasteiger partial charge in [-0.1, -0.05) is 0 Å². The highest BCUT2D eigenvalue weighted by molar-refractivity contribution is 5.57. The molecule has 5 heterocycles. The molecule has 2 aromatic heterocycles. The van der Waals surface area contributed by atoms with Gasteiger partial charge in [0, 0.05) is 36.3 Å². The minimum absolute atomic E-state index is 0.0850. The molecule has 0 spiro atoms. The van der Waals surface area contributed by atoms with Crippen LogP contribution < -0.4 is 21.3 Å². The van der Waals surface area contributed by atoms with Crippen LogP contribution in [0.15, 0.2) is 27.3 Å². The van der Waals surface area contributed by atoms with E-state index in [9.17, 15) is 15.0 Å². The molecule has 3 aliphatic rings. The van der Waals surface area contributed by atoms with Gasteiger partial charge in [0.1, 0.15) is 29.8 Å². The number of anilines is 1. The van der Waals surface area contributed by atoms with Crippen LogP contribution in [-0.4, -0.2) is 63.4 Å². The molecule has 27 heavy (non-hydrogen) atoms. The van der Waals surface area contributed by atoms with Gasteiger partial charge in [-0.15, -0.1) is 0 Å². The number of hydrogen-bond acceptors (Lipinski definition) is 8. The fourth-order valence-electron chi connectivity index (χ4n) is 4.18. The lowest BCUT2D eigenvalue weighted by molar-refractivity contribution is -0.0220.